The number of esters is 2. The average molecular weight is 260 g/mol. The van der Waals surface area contributed by atoms with Crippen molar-refractivity contribution >= 4 is 18.4 Å². The number of rotatable bonds is 9. The fourth-order valence-corrected chi connectivity index (χ4v) is 1.31. The van der Waals surface area contributed by atoms with Gasteiger partial charge in [0, 0.05) is 26.2 Å². The molecule has 0 aromatic heterocycles. The lowest BCUT2D eigenvalue weighted by Gasteiger charge is -2.29. The monoisotopic (exact) mass is 260 g/mol. The molecule has 6 nitrogen and oxygen atoms in total. The zero-order valence-corrected chi connectivity index (χ0v) is 11.1. The normalized spacial score (nSPS) is 13.3. The Balaban J connectivity index is 4.32. The van der Waals surface area contributed by atoms with Crippen molar-refractivity contribution in [1.29, 1.82) is 0 Å². The lowest BCUT2D eigenvalue weighted by molar-refractivity contribution is -0.162. The highest BCUT2D eigenvalue weighted by molar-refractivity contribution is 5.69. The van der Waals surface area contributed by atoms with Gasteiger partial charge < -0.3 is 14.2 Å². The second-order valence-corrected chi connectivity index (χ2v) is 4.08. The number of carbonyl (C=O) groups is 3. The predicted molar refractivity (Wildman–Crippen MR) is 62.7 cm³/mol. The lowest BCUT2D eigenvalue weighted by atomic mass is 9.98. The molecule has 0 heterocycles. The highest BCUT2D eigenvalue weighted by Crippen LogP contribution is 2.21. The maximum Gasteiger partial charge on any atom is 0.306 e. The van der Waals surface area contributed by atoms with Crippen LogP contribution in [0.3, 0.4) is 0 Å². The molecule has 0 aliphatic heterocycles. The number of carbonyl (C=O) groups excluding carboxylic acids is 3. The van der Waals surface area contributed by atoms with E-state index in [0.717, 1.165) is 0 Å². The van der Waals surface area contributed by atoms with Gasteiger partial charge in [-0.15, -0.1) is 0 Å². The van der Waals surface area contributed by atoms with Gasteiger partial charge in [-0.05, 0) is 6.92 Å². The standard InChI is InChI=1S/C12H20O6/c1-4-11(15)18-12(3,5-7-16-9-13)6-8-17-10(2)14/h9H,4-8H2,1-3H3. The van der Waals surface area contributed by atoms with Crippen LogP contribution in [0.25, 0.3) is 0 Å². The number of hydrogen-bond acceptors (Lipinski definition) is 6. The first-order valence-electron chi connectivity index (χ1n) is 5.84. The molecule has 0 saturated carbocycles. The first-order valence-corrected chi connectivity index (χ1v) is 5.84. The van der Waals surface area contributed by atoms with Gasteiger partial charge in [0.15, 0.2) is 0 Å². The Labute approximate surface area is 107 Å². The van der Waals surface area contributed by atoms with Crippen LogP contribution in [0.5, 0.6) is 0 Å². The Bertz CT molecular complexity index is 288. The molecule has 0 aromatic rings. The highest BCUT2D eigenvalue weighted by Gasteiger charge is 2.28. The van der Waals surface area contributed by atoms with Crippen LogP contribution in [0.15, 0.2) is 0 Å². The van der Waals surface area contributed by atoms with Gasteiger partial charge in [-0.1, -0.05) is 6.92 Å². The van der Waals surface area contributed by atoms with Gasteiger partial charge >= 0.3 is 11.9 Å². The van der Waals surface area contributed by atoms with E-state index in [-0.39, 0.29) is 31.6 Å². The van der Waals surface area contributed by atoms with Crippen molar-refractivity contribution in [3.8, 4) is 0 Å². The maximum absolute atomic E-state index is 11.3. The van der Waals surface area contributed by atoms with E-state index in [2.05, 4.69) is 4.74 Å². The first kappa shape index (κ1) is 16.4. The zero-order valence-electron chi connectivity index (χ0n) is 11.1. The van der Waals surface area contributed by atoms with Gasteiger partial charge in [0.05, 0.1) is 13.2 Å². The molecule has 0 N–H and O–H groups in total. The van der Waals surface area contributed by atoms with E-state index in [1.165, 1.54) is 6.92 Å². The fraction of sp³-hybridized carbons (Fsp3) is 0.750. The van der Waals surface area contributed by atoms with Crippen LogP contribution in [0.1, 0.15) is 40.0 Å². The van der Waals surface area contributed by atoms with E-state index in [4.69, 9.17) is 9.47 Å². The van der Waals surface area contributed by atoms with Gasteiger partial charge in [0.1, 0.15) is 5.60 Å². The van der Waals surface area contributed by atoms with Crippen LogP contribution in [0, 0.1) is 0 Å². The van der Waals surface area contributed by atoms with E-state index in [1.807, 2.05) is 0 Å². The van der Waals surface area contributed by atoms with Gasteiger partial charge in [-0.3, -0.25) is 14.4 Å². The third-order valence-corrected chi connectivity index (χ3v) is 2.40. The molecule has 1 unspecified atom stereocenters. The zero-order chi connectivity index (χ0) is 14.0. The molecule has 0 aromatic carbocycles. The van der Waals surface area contributed by atoms with Crippen molar-refractivity contribution in [2.75, 3.05) is 13.2 Å². The molecule has 1 atom stereocenters. The summed E-state index contributed by atoms with van der Waals surface area (Å²) >= 11 is 0. The van der Waals surface area contributed by atoms with Gasteiger partial charge in [0.25, 0.3) is 6.47 Å². The third-order valence-electron chi connectivity index (χ3n) is 2.40. The Morgan fingerprint density at radius 2 is 1.83 bits per heavy atom. The van der Waals surface area contributed by atoms with Crippen molar-refractivity contribution in [2.24, 2.45) is 0 Å². The molecule has 0 bridgehead atoms. The number of ether oxygens (including phenoxy) is 3. The van der Waals surface area contributed by atoms with Gasteiger partial charge in [0.2, 0.25) is 0 Å². The molecule has 0 radical (unpaired) electrons. The average Bonchev–Trinajstić information content (AvgIpc) is 2.28. The molecule has 18 heavy (non-hydrogen) atoms. The molecule has 0 rings (SSSR count). The molecule has 0 saturated heterocycles. The van der Waals surface area contributed by atoms with Crippen LogP contribution < -0.4 is 0 Å². The van der Waals surface area contributed by atoms with Crippen molar-refractivity contribution in [3.63, 3.8) is 0 Å². The summed E-state index contributed by atoms with van der Waals surface area (Å²) in [5.41, 5.74) is -0.800. The lowest BCUT2D eigenvalue weighted by Crippen LogP contribution is -2.34. The smallest absolute Gasteiger partial charge is 0.306 e. The topological polar surface area (TPSA) is 78.9 Å². The minimum absolute atomic E-state index is 0.150. The van der Waals surface area contributed by atoms with Gasteiger partial charge in [-0.2, -0.15) is 0 Å². The van der Waals surface area contributed by atoms with Crippen LogP contribution >= 0.6 is 0 Å². The quantitative estimate of drug-likeness (QED) is 0.268. The Morgan fingerprint density at radius 3 is 2.33 bits per heavy atom. The minimum Gasteiger partial charge on any atom is -0.468 e. The molecular weight excluding hydrogens is 240 g/mol. The third kappa shape index (κ3) is 7.65. The minimum atomic E-state index is -0.800. The summed E-state index contributed by atoms with van der Waals surface area (Å²) in [6.07, 6.45) is 0.983. The summed E-state index contributed by atoms with van der Waals surface area (Å²) in [4.78, 5) is 32.1. The van der Waals surface area contributed by atoms with Gasteiger partial charge in [-0.25, -0.2) is 0 Å². The summed E-state index contributed by atoms with van der Waals surface area (Å²) in [5.74, 6) is -0.727. The maximum atomic E-state index is 11.3. The second-order valence-electron chi connectivity index (χ2n) is 4.08. The molecule has 0 amide bonds. The Hall–Kier alpha value is -1.59. The fourth-order valence-electron chi connectivity index (χ4n) is 1.31. The van der Waals surface area contributed by atoms with Crippen LogP contribution in [-0.4, -0.2) is 37.2 Å². The number of hydrogen-bond donors (Lipinski definition) is 0. The summed E-state index contributed by atoms with van der Waals surface area (Å²) in [5, 5.41) is 0. The van der Waals surface area contributed by atoms with E-state index in [0.29, 0.717) is 19.3 Å². The van der Waals surface area contributed by atoms with Crippen molar-refractivity contribution in [3.05, 3.63) is 0 Å². The molecule has 0 spiro atoms. The SMILES string of the molecule is CCC(=O)OC(C)(CCOC=O)CCOC(C)=O. The van der Waals surface area contributed by atoms with E-state index in [9.17, 15) is 14.4 Å². The Morgan fingerprint density at radius 1 is 1.22 bits per heavy atom. The molecule has 0 aliphatic rings. The molecular formula is C12H20O6. The molecule has 0 aliphatic carbocycles. The highest BCUT2D eigenvalue weighted by atomic mass is 16.6. The van der Waals surface area contributed by atoms with E-state index in [1.54, 1.807) is 13.8 Å². The van der Waals surface area contributed by atoms with Crippen molar-refractivity contribution in [1.82, 2.24) is 0 Å². The largest absolute Gasteiger partial charge is 0.468 e. The van der Waals surface area contributed by atoms with Crippen LogP contribution in [0.2, 0.25) is 0 Å². The predicted octanol–water partition coefficient (Wildman–Crippen LogP) is 1.21. The first-order chi connectivity index (χ1) is 8.43. The van der Waals surface area contributed by atoms with Crippen LogP contribution in [0.4, 0.5) is 0 Å². The van der Waals surface area contributed by atoms with E-state index < -0.39 is 5.60 Å². The molecule has 6 heteroatoms. The summed E-state index contributed by atoms with van der Waals surface area (Å²) < 4.78 is 14.7. The summed E-state index contributed by atoms with van der Waals surface area (Å²) in [6.45, 7) is 5.37. The Kier molecular flexibility index (Phi) is 7.74. The van der Waals surface area contributed by atoms with Crippen LogP contribution in [-0.2, 0) is 28.6 Å². The second kappa shape index (κ2) is 8.49. The summed E-state index contributed by atoms with van der Waals surface area (Å²) in [7, 11) is 0. The van der Waals surface area contributed by atoms with Crippen molar-refractivity contribution in [2.45, 2.75) is 45.6 Å². The van der Waals surface area contributed by atoms with E-state index >= 15 is 0 Å². The molecule has 0 fully saturated rings. The summed E-state index contributed by atoms with van der Waals surface area (Å²) in [6, 6.07) is 0. The molecule has 104 valence electrons. The van der Waals surface area contributed by atoms with Crippen molar-refractivity contribution < 1.29 is 28.6 Å².